The molecule has 0 aliphatic carbocycles. The van der Waals surface area contributed by atoms with Gasteiger partial charge in [-0.25, -0.2) is 8.78 Å². The van der Waals surface area contributed by atoms with E-state index in [1.165, 1.54) is 6.07 Å². The number of nitrogens with one attached hydrogen (secondary N) is 1. The molecule has 1 aliphatic rings. The predicted molar refractivity (Wildman–Crippen MR) is 51.1 cm³/mol. The molecule has 1 heterocycles. The molecule has 2 atom stereocenters. The minimum atomic E-state index is -0.757. The van der Waals surface area contributed by atoms with Gasteiger partial charge in [-0.05, 0) is 31.9 Å². The summed E-state index contributed by atoms with van der Waals surface area (Å²) in [6.45, 7) is 3.90. The van der Waals surface area contributed by atoms with E-state index in [1.807, 2.05) is 13.8 Å². The lowest BCUT2D eigenvalue weighted by Crippen LogP contribution is -2.36. The Morgan fingerprint density at radius 3 is 2.71 bits per heavy atom. The third-order valence-electron chi connectivity index (χ3n) is 2.72. The van der Waals surface area contributed by atoms with Gasteiger partial charge in [-0.1, -0.05) is 6.07 Å². The van der Waals surface area contributed by atoms with Gasteiger partial charge < -0.3 is 5.32 Å². The van der Waals surface area contributed by atoms with Gasteiger partial charge in [-0.3, -0.25) is 0 Å². The monoisotopic (exact) mass is 197 g/mol. The van der Waals surface area contributed by atoms with E-state index in [9.17, 15) is 8.78 Å². The largest absolute Gasteiger partial charge is 0.307 e. The molecule has 0 bridgehead atoms. The zero-order valence-electron chi connectivity index (χ0n) is 8.27. The van der Waals surface area contributed by atoms with Crippen molar-refractivity contribution in [2.75, 3.05) is 0 Å². The molecule has 14 heavy (non-hydrogen) atoms. The Kier molecular flexibility index (Phi) is 2.27. The standard InChI is InChI=1S/C11H13F2N/c1-6-5-8-3-4-9(12)11(13)10(8)7(2)14-6/h3-4,6-7,14H,5H2,1-2H3. The van der Waals surface area contributed by atoms with Gasteiger partial charge >= 0.3 is 0 Å². The van der Waals surface area contributed by atoms with Gasteiger partial charge in [0.1, 0.15) is 0 Å². The molecule has 1 aliphatic heterocycles. The van der Waals surface area contributed by atoms with Crippen LogP contribution in [0.1, 0.15) is 31.0 Å². The topological polar surface area (TPSA) is 12.0 Å². The second-order valence-electron chi connectivity index (χ2n) is 3.93. The first-order valence-corrected chi connectivity index (χ1v) is 4.82. The summed E-state index contributed by atoms with van der Waals surface area (Å²) >= 11 is 0. The van der Waals surface area contributed by atoms with Crippen molar-refractivity contribution in [1.82, 2.24) is 5.32 Å². The third kappa shape index (κ3) is 1.42. The number of fused-ring (bicyclic) bond motifs is 1. The van der Waals surface area contributed by atoms with Crippen LogP contribution in [0.2, 0.25) is 0 Å². The van der Waals surface area contributed by atoms with E-state index in [1.54, 1.807) is 6.07 Å². The molecule has 2 unspecified atom stereocenters. The number of benzene rings is 1. The van der Waals surface area contributed by atoms with Crippen LogP contribution < -0.4 is 5.32 Å². The van der Waals surface area contributed by atoms with Crippen LogP contribution in [-0.4, -0.2) is 6.04 Å². The number of halogens is 2. The lowest BCUT2D eigenvalue weighted by atomic mass is 9.91. The van der Waals surface area contributed by atoms with Crippen molar-refractivity contribution in [3.8, 4) is 0 Å². The summed E-state index contributed by atoms with van der Waals surface area (Å²) in [6, 6.07) is 3.10. The van der Waals surface area contributed by atoms with Crippen molar-refractivity contribution in [1.29, 1.82) is 0 Å². The van der Waals surface area contributed by atoms with E-state index in [-0.39, 0.29) is 6.04 Å². The average Bonchev–Trinajstić information content (AvgIpc) is 2.10. The molecule has 0 radical (unpaired) electrons. The predicted octanol–water partition coefficient (Wildman–Crippen LogP) is 2.56. The quantitative estimate of drug-likeness (QED) is 0.674. The highest BCUT2D eigenvalue weighted by Crippen LogP contribution is 2.28. The van der Waals surface area contributed by atoms with Gasteiger partial charge in [-0.2, -0.15) is 0 Å². The van der Waals surface area contributed by atoms with E-state index in [4.69, 9.17) is 0 Å². The van der Waals surface area contributed by atoms with E-state index in [2.05, 4.69) is 5.32 Å². The van der Waals surface area contributed by atoms with Gasteiger partial charge in [0.2, 0.25) is 0 Å². The van der Waals surface area contributed by atoms with Crippen molar-refractivity contribution < 1.29 is 8.78 Å². The zero-order valence-corrected chi connectivity index (χ0v) is 8.27. The highest BCUT2D eigenvalue weighted by molar-refractivity contribution is 5.34. The lowest BCUT2D eigenvalue weighted by Gasteiger charge is -2.29. The van der Waals surface area contributed by atoms with E-state index in [0.29, 0.717) is 11.6 Å². The zero-order chi connectivity index (χ0) is 10.3. The van der Waals surface area contributed by atoms with Crippen LogP contribution in [0, 0.1) is 11.6 Å². The molecule has 0 spiro atoms. The summed E-state index contributed by atoms with van der Waals surface area (Å²) in [7, 11) is 0. The fraction of sp³-hybridized carbons (Fsp3) is 0.455. The SMILES string of the molecule is CC1Cc2ccc(F)c(F)c2C(C)N1. The van der Waals surface area contributed by atoms with Crippen LogP contribution >= 0.6 is 0 Å². The Hall–Kier alpha value is -0.960. The molecule has 1 nitrogen and oxygen atoms in total. The summed E-state index contributed by atoms with van der Waals surface area (Å²) in [5, 5.41) is 3.20. The van der Waals surface area contributed by atoms with Crippen molar-refractivity contribution in [2.45, 2.75) is 32.4 Å². The van der Waals surface area contributed by atoms with Crippen LogP contribution in [0.3, 0.4) is 0 Å². The smallest absolute Gasteiger partial charge is 0.163 e. The van der Waals surface area contributed by atoms with Gasteiger partial charge in [0.25, 0.3) is 0 Å². The van der Waals surface area contributed by atoms with Crippen LogP contribution in [0.15, 0.2) is 12.1 Å². The van der Waals surface area contributed by atoms with Gasteiger partial charge in [0.05, 0.1) is 0 Å². The number of hydrogen-bond donors (Lipinski definition) is 1. The Labute approximate surface area is 82.1 Å². The molecular formula is C11H13F2N. The molecular weight excluding hydrogens is 184 g/mol. The maximum Gasteiger partial charge on any atom is 0.163 e. The maximum atomic E-state index is 13.4. The first kappa shape index (κ1) is 9.59. The fourth-order valence-corrected chi connectivity index (χ4v) is 2.15. The van der Waals surface area contributed by atoms with Crippen molar-refractivity contribution in [3.05, 3.63) is 34.9 Å². The minimum Gasteiger partial charge on any atom is -0.307 e. The van der Waals surface area contributed by atoms with Crippen molar-refractivity contribution in [2.24, 2.45) is 0 Å². The highest BCUT2D eigenvalue weighted by atomic mass is 19.2. The summed E-state index contributed by atoms with van der Waals surface area (Å²) in [4.78, 5) is 0. The molecule has 0 fully saturated rings. The van der Waals surface area contributed by atoms with Crippen molar-refractivity contribution in [3.63, 3.8) is 0 Å². The van der Waals surface area contributed by atoms with Gasteiger partial charge in [0, 0.05) is 17.6 Å². The number of hydrogen-bond acceptors (Lipinski definition) is 1. The molecule has 1 aromatic carbocycles. The summed E-state index contributed by atoms with van der Waals surface area (Å²) in [5.41, 5.74) is 1.41. The van der Waals surface area contributed by atoms with Gasteiger partial charge in [0.15, 0.2) is 11.6 Å². The summed E-state index contributed by atoms with van der Waals surface area (Å²) in [6.07, 6.45) is 0.761. The summed E-state index contributed by atoms with van der Waals surface area (Å²) < 4.78 is 26.4. The van der Waals surface area contributed by atoms with Crippen molar-refractivity contribution >= 4 is 0 Å². The van der Waals surface area contributed by atoms with Crippen LogP contribution in [-0.2, 0) is 6.42 Å². The van der Waals surface area contributed by atoms with E-state index in [0.717, 1.165) is 12.0 Å². The fourth-order valence-electron chi connectivity index (χ4n) is 2.15. The Bertz CT molecular complexity index is 363. The molecule has 2 rings (SSSR count). The Morgan fingerprint density at radius 1 is 1.29 bits per heavy atom. The Balaban J connectivity index is 2.54. The minimum absolute atomic E-state index is 0.107. The average molecular weight is 197 g/mol. The molecule has 3 heteroatoms. The second-order valence-corrected chi connectivity index (χ2v) is 3.93. The number of rotatable bonds is 0. The molecule has 1 aromatic rings. The molecule has 1 N–H and O–H groups in total. The molecule has 0 aromatic heterocycles. The highest BCUT2D eigenvalue weighted by Gasteiger charge is 2.25. The second kappa shape index (κ2) is 3.31. The van der Waals surface area contributed by atoms with Gasteiger partial charge in [-0.15, -0.1) is 0 Å². The van der Waals surface area contributed by atoms with E-state index < -0.39 is 11.6 Å². The third-order valence-corrected chi connectivity index (χ3v) is 2.72. The van der Waals surface area contributed by atoms with E-state index >= 15 is 0 Å². The van der Waals surface area contributed by atoms with Crippen LogP contribution in [0.25, 0.3) is 0 Å². The normalized spacial score (nSPS) is 26.0. The molecule has 0 amide bonds. The summed E-state index contributed by atoms with van der Waals surface area (Å²) in [5.74, 6) is -1.46. The van der Waals surface area contributed by atoms with Crippen LogP contribution in [0.4, 0.5) is 8.78 Å². The molecule has 76 valence electrons. The maximum absolute atomic E-state index is 13.4. The Morgan fingerprint density at radius 2 is 2.00 bits per heavy atom. The first-order valence-electron chi connectivity index (χ1n) is 4.82. The first-order chi connectivity index (χ1) is 6.59. The molecule has 0 saturated carbocycles. The molecule has 0 saturated heterocycles. The lowest BCUT2D eigenvalue weighted by molar-refractivity contribution is 0.410. The van der Waals surface area contributed by atoms with Crippen LogP contribution in [0.5, 0.6) is 0 Å².